The summed E-state index contributed by atoms with van der Waals surface area (Å²) in [5.74, 6) is -1.97. The molecule has 0 N–H and O–H groups in total. The predicted octanol–water partition coefficient (Wildman–Crippen LogP) is 7.88. The van der Waals surface area contributed by atoms with E-state index in [9.17, 15) is 13.2 Å². The van der Waals surface area contributed by atoms with Crippen molar-refractivity contribution in [3.8, 4) is 28.0 Å². The molecule has 0 aromatic heterocycles. The van der Waals surface area contributed by atoms with Gasteiger partial charge in [0.2, 0.25) is 5.82 Å². The van der Waals surface area contributed by atoms with Gasteiger partial charge in [0.1, 0.15) is 5.82 Å². The van der Waals surface area contributed by atoms with Crippen LogP contribution in [-0.4, -0.2) is 13.2 Å². The Hall–Kier alpha value is -3.05. The van der Waals surface area contributed by atoms with Crippen LogP contribution in [0.1, 0.15) is 38.4 Å². The van der Waals surface area contributed by atoms with E-state index in [1.165, 1.54) is 18.2 Å². The molecule has 172 valence electrons. The number of hydrogen-bond donors (Lipinski definition) is 0. The molecule has 0 spiro atoms. The second kappa shape index (κ2) is 10.3. The van der Waals surface area contributed by atoms with Crippen molar-refractivity contribution >= 4 is 0 Å². The third-order valence-electron chi connectivity index (χ3n) is 6.00. The van der Waals surface area contributed by atoms with E-state index in [0.717, 1.165) is 18.4 Å². The molecule has 1 aliphatic rings. The summed E-state index contributed by atoms with van der Waals surface area (Å²) in [5, 5.41) is 0. The van der Waals surface area contributed by atoms with Crippen molar-refractivity contribution in [2.24, 2.45) is 5.92 Å². The van der Waals surface area contributed by atoms with Gasteiger partial charge in [0, 0.05) is 17.0 Å². The number of rotatable bonds is 6. The zero-order valence-electron chi connectivity index (χ0n) is 18.8. The maximum absolute atomic E-state index is 14.9. The average Bonchev–Trinajstić information content (AvgIpc) is 2.83. The van der Waals surface area contributed by atoms with Crippen LogP contribution in [0.25, 0.3) is 22.3 Å². The fourth-order valence-corrected chi connectivity index (χ4v) is 4.27. The van der Waals surface area contributed by atoms with E-state index in [-0.39, 0.29) is 29.8 Å². The molecule has 33 heavy (non-hydrogen) atoms. The van der Waals surface area contributed by atoms with Gasteiger partial charge in [-0.05, 0) is 61.6 Å². The first-order valence-corrected chi connectivity index (χ1v) is 11.3. The number of halogens is 3. The third kappa shape index (κ3) is 4.98. The molecule has 1 aliphatic heterocycles. The van der Waals surface area contributed by atoms with Gasteiger partial charge in [0.25, 0.3) is 0 Å². The Kier molecular flexibility index (Phi) is 7.19. The highest BCUT2D eigenvalue weighted by atomic mass is 19.2. The second-order valence-corrected chi connectivity index (χ2v) is 8.17. The van der Waals surface area contributed by atoms with Crippen molar-refractivity contribution < 1.29 is 22.6 Å². The number of benzene rings is 3. The van der Waals surface area contributed by atoms with E-state index in [2.05, 4.69) is 6.08 Å². The average molecular weight is 453 g/mol. The first kappa shape index (κ1) is 23.1. The number of ether oxygens (including phenoxy) is 2. The van der Waals surface area contributed by atoms with Crippen molar-refractivity contribution in [1.82, 2.24) is 0 Å². The molecule has 3 aromatic rings. The van der Waals surface area contributed by atoms with Crippen LogP contribution in [0, 0.1) is 23.4 Å². The molecule has 0 amide bonds. The van der Waals surface area contributed by atoms with Gasteiger partial charge < -0.3 is 9.47 Å². The van der Waals surface area contributed by atoms with E-state index in [4.69, 9.17) is 9.47 Å². The molecular formula is C28H27F3O2. The van der Waals surface area contributed by atoms with E-state index in [1.807, 2.05) is 19.1 Å². The Labute approximate surface area is 192 Å². The molecule has 4 rings (SSSR count). The normalized spacial score (nSPS) is 18.6. The van der Waals surface area contributed by atoms with Crippen molar-refractivity contribution in [2.45, 2.75) is 32.8 Å². The van der Waals surface area contributed by atoms with Gasteiger partial charge in [0.15, 0.2) is 11.6 Å². The first-order chi connectivity index (χ1) is 16.0. The topological polar surface area (TPSA) is 18.5 Å². The van der Waals surface area contributed by atoms with Crippen LogP contribution < -0.4 is 4.74 Å². The summed E-state index contributed by atoms with van der Waals surface area (Å²) >= 11 is 0. The minimum atomic E-state index is -1.00. The van der Waals surface area contributed by atoms with E-state index in [1.54, 1.807) is 37.3 Å². The van der Waals surface area contributed by atoms with Crippen LogP contribution in [0.2, 0.25) is 0 Å². The van der Waals surface area contributed by atoms with Crippen molar-refractivity contribution in [1.29, 1.82) is 0 Å². The summed E-state index contributed by atoms with van der Waals surface area (Å²) in [4.78, 5) is 0. The molecule has 2 atom stereocenters. The van der Waals surface area contributed by atoms with E-state index >= 15 is 0 Å². The fourth-order valence-electron chi connectivity index (χ4n) is 4.27. The molecule has 1 heterocycles. The van der Waals surface area contributed by atoms with Crippen molar-refractivity contribution in [3.05, 3.63) is 89.8 Å². The highest BCUT2D eigenvalue weighted by Gasteiger charge is 2.24. The summed E-state index contributed by atoms with van der Waals surface area (Å²) in [7, 11) is 0. The maximum atomic E-state index is 14.9. The summed E-state index contributed by atoms with van der Waals surface area (Å²) < 4.78 is 54.6. The largest absolute Gasteiger partial charge is 0.491 e. The molecule has 0 bridgehead atoms. The lowest BCUT2D eigenvalue weighted by atomic mass is 9.93. The van der Waals surface area contributed by atoms with Crippen LogP contribution in [0.3, 0.4) is 0 Å². The lowest BCUT2D eigenvalue weighted by Crippen LogP contribution is -2.20. The first-order valence-electron chi connectivity index (χ1n) is 11.3. The second-order valence-electron chi connectivity index (χ2n) is 8.17. The quantitative estimate of drug-likeness (QED) is 0.354. The maximum Gasteiger partial charge on any atom is 0.201 e. The molecular weight excluding hydrogens is 425 g/mol. The van der Waals surface area contributed by atoms with Gasteiger partial charge in [-0.2, -0.15) is 4.39 Å². The Bertz CT molecular complexity index is 1130. The standard InChI is InChI=1S/C28H27F3O2/c1-3-5-18-6-14-25(33-17-18)23-12-11-21(16-24(23)29)19-7-9-20(10-8-19)22-13-15-26(32-4-2)28(31)27(22)30/h3,5,7-13,15-16,18,25H,4,6,14,17H2,1-2H3. The van der Waals surface area contributed by atoms with Crippen LogP contribution in [-0.2, 0) is 4.74 Å². The third-order valence-corrected chi connectivity index (χ3v) is 6.00. The van der Waals surface area contributed by atoms with Gasteiger partial charge in [0.05, 0.1) is 19.3 Å². The van der Waals surface area contributed by atoms with Gasteiger partial charge in [-0.15, -0.1) is 0 Å². The minimum absolute atomic E-state index is 0.106. The highest BCUT2D eigenvalue weighted by Crippen LogP contribution is 2.35. The molecule has 3 aromatic carbocycles. The van der Waals surface area contributed by atoms with Crippen molar-refractivity contribution in [3.63, 3.8) is 0 Å². The van der Waals surface area contributed by atoms with Gasteiger partial charge >= 0.3 is 0 Å². The smallest absolute Gasteiger partial charge is 0.201 e. The molecule has 5 heteroatoms. The van der Waals surface area contributed by atoms with Crippen LogP contribution >= 0.6 is 0 Å². The Morgan fingerprint density at radius 3 is 2.27 bits per heavy atom. The lowest BCUT2D eigenvalue weighted by Gasteiger charge is -2.28. The summed E-state index contributed by atoms with van der Waals surface area (Å²) in [6, 6.07) is 15.0. The molecule has 0 aliphatic carbocycles. The Morgan fingerprint density at radius 1 is 0.909 bits per heavy atom. The van der Waals surface area contributed by atoms with Gasteiger partial charge in [-0.1, -0.05) is 48.6 Å². The summed E-state index contributed by atoms with van der Waals surface area (Å²) in [6.45, 7) is 4.55. The lowest BCUT2D eigenvalue weighted by molar-refractivity contribution is -0.00711. The van der Waals surface area contributed by atoms with Crippen LogP contribution in [0.15, 0.2) is 66.7 Å². The van der Waals surface area contributed by atoms with Gasteiger partial charge in [-0.25, -0.2) is 8.78 Å². The Morgan fingerprint density at radius 2 is 1.64 bits per heavy atom. The zero-order chi connectivity index (χ0) is 23.4. The SMILES string of the molecule is CC=CC1CCC(c2ccc(-c3ccc(-c4ccc(OCC)c(F)c4F)cc3)cc2F)OC1. The van der Waals surface area contributed by atoms with Crippen molar-refractivity contribution in [2.75, 3.05) is 13.2 Å². The zero-order valence-corrected chi connectivity index (χ0v) is 18.8. The van der Waals surface area contributed by atoms with Crippen LogP contribution in [0.4, 0.5) is 13.2 Å². The molecule has 2 unspecified atom stereocenters. The molecule has 0 radical (unpaired) electrons. The minimum Gasteiger partial charge on any atom is -0.491 e. The highest BCUT2D eigenvalue weighted by molar-refractivity contribution is 5.71. The number of allylic oxidation sites excluding steroid dienone is 1. The number of hydrogen-bond acceptors (Lipinski definition) is 2. The summed E-state index contributed by atoms with van der Waals surface area (Å²) in [5.41, 5.74) is 2.75. The molecule has 0 saturated carbocycles. The fraction of sp³-hybridized carbons (Fsp3) is 0.286. The van der Waals surface area contributed by atoms with Crippen LogP contribution in [0.5, 0.6) is 5.75 Å². The molecule has 1 saturated heterocycles. The Balaban J connectivity index is 1.52. The van der Waals surface area contributed by atoms with E-state index < -0.39 is 11.6 Å². The molecule has 2 nitrogen and oxygen atoms in total. The predicted molar refractivity (Wildman–Crippen MR) is 125 cm³/mol. The van der Waals surface area contributed by atoms with E-state index in [0.29, 0.717) is 29.2 Å². The monoisotopic (exact) mass is 452 g/mol. The molecule has 1 fully saturated rings. The van der Waals surface area contributed by atoms with Gasteiger partial charge in [-0.3, -0.25) is 0 Å². The summed E-state index contributed by atoms with van der Waals surface area (Å²) in [6.07, 6.45) is 5.67.